The molecule has 3 N–H and O–H groups in total. The lowest BCUT2D eigenvalue weighted by molar-refractivity contribution is 0.0957. The predicted octanol–water partition coefficient (Wildman–Crippen LogP) is 1.58. The van der Waals surface area contributed by atoms with Crippen molar-refractivity contribution in [3.8, 4) is 0 Å². The molecule has 1 aliphatic rings. The van der Waals surface area contributed by atoms with Crippen LogP contribution in [0.5, 0.6) is 0 Å². The average Bonchev–Trinajstić information content (AvgIpc) is 2.76. The van der Waals surface area contributed by atoms with Crippen LogP contribution < -0.4 is 11.3 Å². The zero-order valence-electron chi connectivity index (χ0n) is 10.1. The van der Waals surface area contributed by atoms with Gasteiger partial charge in [-0.1, -0.05) is 6.92 Å². The zero-order chi connectivity index (χ0) is 12.3. The molecule has 1 fully saturated rings. The van der Waals surface area contributed by atoms with E-state index in [1.54, 1.807) is 0 Å². The number of nitrogens with zero attached hydrogens (tertiary/aromatic N) is 1. The van der Waals surface area contributed by atoms with Crippen LogP contribution in [0.2, 0.25) is 0 Å². The first-order valence-electron chi connectivity index (χ1n) is 6.01. The number of piperidine rings is 1. The second kappa shape index (κ2) is 5.62. The monoisotopic (exact) mass is 253 g/mol. The minimum Gasteiger partial charge on any atom is -0.298 e. The van der Waals surface area contributed by atoms with Crippen LogP contribution in [-0.4, -0.2) is 23.9 Å². The van der Waals surface area contributed by atoms with Gasteiger partial charge >= 0.3 is 0 Å². The van der Waals surface area contributed by atoms with E-state index in [2.05, 4.69) is 17.2 Å². The van der Waals surface area contributed by atoms with Crippen LogP contribution in [0.3, 0.4) is 0 Å². The summed E-state index contributed by atoms with van der Waals surface area (Å²) in [5.74, 6) is 5.70. The van der Waals surface area contributed by atoms with Gasteiger partial charge in [-0.25, -0.2) is 5.84 Å². The molecule has 1 aliphatic heterocycles. The fourth-order valence-corrected chi connectivity index (χ4v) is 3.26. The van der Waals surface area contributed by atoms with Crippen molar-refractivity contribution in [1.82, 2.24) is 10.3 Å². The van der Waals surface area contributed by atoms with Crippen LogP contribution in [0.25, 0.3) is 0 Å². The first kappa shape index (κ1) is 12.5. The molecule has 17 heavy (non-hydrogen) atoms. The Hall–Kier alpha value is -0.910. The lowest BCUT2D eigenvalue weighted by Crippen LogP contribution is -2.33. The summed E-state index contributed by atoms with van der Waals surface area (Å²) in [7, 11) is 0. The first-order chi connectivity index (χ1) is 8.19. The smallest absolute Gasteiger partial charge is 0.275 e. The summed E-state index contributed by atoms with van der Waals surface area (Å²) in [6.07, 6.45) is 2.62. The number of hydrogen-bond donors (Lipinski definition) is 2. The van der Waals surface area contributed by atoms with E-state index in [1.807, 2.05) is 12.1 Å². The van der Waals surface area contributed by atoms with E-state index in [-0.39, 0.29) is 5.91 Å². The normalized spacial score (nSPS) is 21.4. The van der Waals surface area contributed by atoms with Crippen molar-refractivity contribution in [3.05, 3.63) is 21.9 Å². The van der Waals surface area contributed by atoms with Gasteiger partial charge in [-0.05, 0) is 37.4 Å². The second-order valence-electron chi connectivity index (χ2n) is 4.72. The number of thiophene rings is 1. The van der Waals surface area contributed by atoms with Crippen LogP contribution in [-0.2, 0) is 6.54 Å². The molecule has 1 amide bonds. The van der Waals surface area contributed by atoms with E-state index in [1.165, 1.54) is 35.6 Å². The molecule has 1 saturated heterocycles. The minimum absolute atomic E-state index is 0.201. The molecule has 1 aromatic heterocycles. The lowest BCUT2D eigenvalue weighted by atomic mass is 10.0. The molecule has 2 heterocycles. The van der Waals surface area contributed by atoms with Gasteiger partial charge in [0.05, 0.1) is 4.88 Å². The number of carbonyl (C=O) groups is 1. The highest BCUT2D eigenvalue weighted by Crippen LogP contribution is 2.22. The third-order valence-corrected chi connectivity index (χ3v) is 4.21. The lowest BCUT2D eigenvalue weighted by Gasteiger charge is -2.30. The second-order valence-corrected chi connectivity index (χ2v) is 5.89. The Bertz CT molecular complexity index is 391. The quantitative estimate of drug-likeness (QED) is 0.488. The summed E-state index contributed by atoms with van der Waals surface area (Å²) >= 11 is 1.53. The number of rotatable bonds is 3. The third-order valence-electron chi connectivity index (χ3n) is 3.14. The van der Waals surface area contributed by atoms with Gasteiger partial charge in [-0.3, -0.25) is 15.1 Å². The number of nitrogens with one attached hydrogen (secondary N) is 1. The molecule has 0 spiro atoms. The standard InChI is InChI=1S/C12H19N3OS/c1-9-3-2-6-15(7-9)8-10-4-5-11(17-10)12(16)14-13/h4-5,9H,2-3,6-8,13H2,1H3,(H,14,16). The topological polar surface area (TPSA) is 58.4 Å². The maximum atomic E-state index is 11.3. The van der Waals surface area contributed by atoms with Crippen LogP contribution in [0, 0.1) is 5.92 Å². The van der Waals surface area contributed by atoms with E-state index >= 15 is 0 Å². The highest BCUT2D eigenvalue weighted by molar-refractivity contribution is 7.14. The van der Waals surface area contributed by atoms with Crippen LogP contribution >= 0.6 is 11.3 Å². The van der Waals surface area contributed by atoms with Crippen LogP contribution in [0.4, 0.5) is 0 Å². The average molecular weight is 253 g/mol. The Morgan fingerprint density at radius 1 is 1.65 bits per heavy atom. The molecular formula is C12H19N3OS. The van der Waals surface area contributed by atoms with Gasteiger partial charge in [0.25, 0.3) is 5.91 Å². The third kappa shape index (κ3) is 3.28. The van der Waals surface area contributed by atoms with Crippen molar-refractivity contribution in [1.29, 1.82) is 0 Å². The Kier molecular flexibility index (Phi) is 4.15. The van der Waals surface area contributed by atoms with E-state index in [4.69, 9.17) is 5.84 Å². The molecule has 5 heteroatoms. The summed E-state index contributed by atoms with van der Waals surface area (Å²) in [6.45, 7) is 5.58. The molecular weight excluding hydrogens is 234 g/mol. The van der Waals surface area contributed by atoms with Gasteiger partial charge in [-0.2, -0.15) is 0 Å². The molecule has 0 aromatic carbocycles. The Morgan fingerprint density at radius 3 is 3.18 bits per heavy atom. The summed E-state index contributed by atoms with van der Waals surface area (Å²) in [5.41, 5.74) is 2.16. The van der Waals surface area contributed by atoms with Gasteiger partial charge in [0.15, 0.2) is 0 Å². The molecule has 0 aliphatic carbocycles. The Balaban J connectivity index is 1.94. The van der Waals surface area contributed by atoms with Gasteiger partial charge < -0.3 is 0 Å². The number of hydrogen-bond acceptors (Lipinski definition) is 4. The molecule has 2 rings (SSSR count). The fourth-order valence-electron chi connectivity index (χ4n) is 2.31. The summed E-state index contributed by atoms with van der Waals surface area (Å²) in [5, 5.41) is 0. The molecule has 0 bridgehead atoms. The van der Waals surface area contributed by atoms with E-state index in [0.29, 0.717) is 4.88 Å². The Labute approximate surface area is 106 Å². The highest BCUT2D eigenvalue weighted by atomic mass is 32.1. The number of nitrogens with two attached hydrogens (primary N) is 1. The van der Waals surface area contributed by atoms with Gasteiger partial charge in [0.2, 0.25) is 0 Å². The molecule has 0 saturated carbocycles. The predicted molar refractivity (Wildman–Crippen MR) is 69.6 cm³/mol. The summed E-state index contributed by atoms with van der Waals surface area (Å²) < 4.78 is 0. The fraction of sp³-hybridized carbons (Fsp3) is 0.583. The minimum atomic E-state index is -0.201. The number of likely N-dealkylation sites (tertiary alicyclic amines) is 1. The summed E-state index contributed by atoms with van der Waals surface area (Å²) in [6, 6.07) is 3.87. The summed E-state index contributed by atoms with van der Waals surface area (Å²) in [4.78, 5) is 15.7. The van der Waals surface area contributed by atoms with E-state index in [9.17, 15) is 4.79 Å². The maximum Gasteiger partial charge on any atom is 0.275 e. The number of nitrogen functional groups attached to an aromatic ring is 1. The van der Waals surface area contributed by atoms with Crippen LogP contribution in [0.1, 0.15) is 34.3 Å². The van der Waals surface area contributed by atoms with Crippen molar-refractivity contribution in [3.63, 3.8) is 0 Å². The molecule has 1 aromatic rings. The molecule has 0 radical (unpaired) electrons. The van der Waals surface area contributed by atoms with Gasteiger partial charge in [0.1, 0.15) is 0 Å². The van der Waals surface area contributed by atoms with E-state index in [0.717, 1.165) is 19.0 Å². The molecule has 1 atom stereocenters. The maximum absolute atomic E-state index is 11.3. The number of amides is 1. The first-order valence-corrected chi connectivity index (χ1v) is 6.82. The van der Waals surface area contributed by atoms with Crippen molar-refractivity contribution < 1.29 is 4.79 Å². The molecule has 4 nitrogen and oxygen atoms in total. The zero-order valence-corrected chi connectivity index (χ0v) is 10.9. The van der Waals surface area contributed by atoms with E-state index < -0.39 is 0 Å². The number of hydrazine groups is 1. The molecule has 1 unspecified atom stereocenters. The Morgan fingerprint density at radius 2 is 2.47 bits per heavy atom. The van der Waals surface area contributed by atoms with Crippen molar-refractivity contribution in [2.24, 2.45) is 11.8 Å². The SMILES string of the molecule is CC1CCCN(Cc2ccc(C(=O)NN)s2)C1. The van der Waals surface area contributed by atoms with Crippen molar-refractivity contribution in [2.45, 2.75) is 26.3 Å². The number of carbonyl (C=O) groups excluding carboxylic acids is 1. The van der Waals surface area contributed by atoms with Gasteiger partial charge in [0, 0.05) is 18.0 Å². The van der Waals surface area contributed by atoms with Crippen LogP contribution in [0.15, 0.2) is 12.1 Å². The van der Waals surface area contributed by atoms with Gasteiger partial charge in [-0.15, -0.1) is 11.3 Å². The van der Waals surface area contributed by atoms with Crippen molar-refractivity contribution >= 4 is 17.2 Å². The largest absolute Gasteiger partial charge is 0.298 e. The molecule has 94 valence electrons. The highest BCUT2D eigenvalue weighted by Gasteiger charge is 2.17. The van der Waals surface area contributed by atoms with Crippen molar-refractivity contribution in [2.75, 3.05) is 13.1 Å².